The summed E-state index contributed by atoms with van der Waals surface area (Å²) < 4.78 is 36.9. The van der Waals surface area contributed by atoms with E-state index in [-0.39, 0.29) is 5.82 Å². The average molecular weight is 279 g/mol. The topological polar surface area (TPSA) is 48.7 Å². The lowest BCUT2D eigenvalue weighted by atomic mass is 10.1. The molecular weight excluding hydrogens is 267 g/mol. The SMILES string of the molecule is CC(CC(F)(F)F)Nc1cc(C#N)c2ccccc2n1. The van der Waals surface area contributed by atoms with Crippen molar-refractivity contribution < 1.29 is 13.2 Å². The second-order valence-electron chi connectivity index (χ2n) is 4.55. The Kier molecular flexibility index (Phi) is 3.79. The van der Waals surface area contributed by atoms with Gasteiger partial charge in [-0.3, -0.25) is 0 Å². The molecule has 6 heteroatoms. The van der Waals surface area contributed by atoms with Gasteiger partial charge in [-0.25, -0.2) is 4.98 Å². The van der Waals surface area contributed by atoms with E-state index in [1.807, 2.05) is 6.07 Å². The number of anilines is 1. The highest BCUT2D eigenvalue weighted by Crippen LogP contribution is 2.24. The molecule has 0 saturated carbocycles. The summed E-state index contributed by atoms with van der Waals surface area (Å²) in [4.78, 5) is 4.22. The summed E-state index contributed by atoms with van der Waals surface area (Å²) in [6.07, 6.45) is -5.19. The number of nitriles is 1. The van der Waals surface area contributed by atoms with E-state index >= 15 is 0 Å². The summed E-state index contributed by atoms with van der Waals surface area (Å²) in [6.45, 7) is 1.43. The first-order chi connectivity index (χ1) is 9.39. The van der Waals surface area contributed by atoms with Gasteiger partial charge in [0.15, 0.2) is 0 Å². The molecule has 0 aliphatic heterocycles. The quantitative estimate of drug-likeness (QED) is 0.928. The molecule has 20 heavy (non-hydrogen) atoms. The minimum Gasteiger partial charge on any atom is -0.367 e. The normalized spacial score (nSPS) is 12.9. The molecule has 0 bridgehead atoms. The largest absolute Gasteiger partial charge is 0.391 e. The lowest BCUT2D eigenvalue weighted by molar-refractivity contribution is -0.136. The van der Waals surface area contributed by atoms with Crippen molar-refractivity contribution in [3.05, 3.63) is 35.9 Å². The van der Waals surface area contributed by atoms with Crippen LogP contribution in [0.5, 0.6) is 0 Å². The van der Waals surface area contributed by atoms with Crippen molar-refractivity contribution in [2.45, 2.75) is 25.6 Å². The number of hydrogen-bond acceptors (Lipinski definition) is 3. The molecular formula is C14H12F3N3. The van der Waals surface area contributed by atoms with Crippen LogP contribution < -0.4 is 5.32 Å². The standard InChI is InChI=1S/C14H12F3N3/c1-9(7-14(15,16)17)19-13-6-10(8-18)11-4-2-3-5-12(11)20-13/h2-6,9H,7H2,1H3,(H,19,20). The fraction of sp³-hybridized carbons (Fsp3) is 0.286. The number of halogens is 3. The van der Waals surface area contributed by atoms with Gasteiger partial charge in [0.1, 0.15) is 5.82 Å². The van der Waals surface area contributed by atoms with Gasteiger partial charge in [0.05, 0.1) is 23.6 Å². The maximum absolute atomic E-state index is 12.3. The van der Waals surface area contributed by atoms with Gasteiger partial charge in [-0.2, -0.15) is 18.4 Å². The van der Waals surface area contributed by atoms with Crippen LogP contribution in [0.4, 0.5) is 19.0 Å². The molecule has 0 aliphatic rings. The highest BCUT2D eigenvalue weighted by atomic mass is 19.4. The Morgan fingerprint density at radius 2 is 2.05 bits per heavy atom. The molecule has 1 atom stereocenters. The van der Waals surface area contributed by atoms with E-state index in [1.165, 1.54) is 13.0 Å². The molecule has 1 aromatic carbocycles. The van der Waals surface area contributed by atoms with Gasteiger partial charge in [0.25, 0.3) is 0 Å². The second kappa shape index (κ2) is 5.37. The molecule has 0 saturated heterocycles. The van der Waals surface area contributed by atoms with Crippen molar-refractivity contribution in [1.82, 2.24) is 4.98 Å². The van der Waals surface area contributed by atoms with Gasteiger partial charge in [-0.05, 0) is 19.1 Å². The lowest BCUT2D eigenvalue weighted by Gasteiger charge is -2.16. The van der Waals surface area contributed by atoms with Crippen molar-refractivity contribution in [1.29, 1.82) is 5.26 Å². The number of rotatable bonds is 3. The Morgan fingerprint density at radius 3 is 2.70 bits per heavy atom. The highest BCUT2D eigenvalue weighted by Gasteiger charge is 2.30. The number of nitrogens with zero attached hydrogens (tertiary/aromatic N) is 2. The Hall–Kier alpha value is -2.29. The fourth-order valence-corrected chi connectivity index (χ4v) is 1.99. The van der Waals surface area contributed by atoms with Gasteiger partial charge in [-0.1, -0.05) is 18.2 Å². The predicted molar refractivity (Wildman–Crippen MR) is 70.2 cm³/mol. The van der Waals surface area contributed by atoms with Crippen LogP contribution in [0.3, 0.4) is 0 Å². The molecule has 0 fully saturated rings. The summed E-state index contributed by atoms with van der Waals surface area (Å²) in [5, 5.41) is 12.5. The zero-order valence-electron chi connectivity index (χ0n) is 10.7. The minimum absolute atomic E-state index is 0.275. The van der Waals surface area contributed by atoms with Gasteiger partial charge in [0.2, 0.25) is 0 Å². The van der Waals surface area contributed by atoms with Crippen molar-refractivity contribution in [2.75, 3.05) is 5.32 Å². The first kappa shape index (κ1) is 14.1. The Balaban J connectivity index is 2.30. The first-order valence-corrected chi connectivity index (χ1v) is 6.02. The van der Waals surface area contributed by atoms with Gasteiger partial charge in [0, 0.05) is 11.4 Å². The van der Waals surface area contributed by atoms with Crippen LogP contribution in [0.2, 0.25) is 0 Å². The Labute approximate surface area is 114 Å². The highest BCUT2D eigenvalue weighted by molar-refractivity contribution is 5.86. The number of benzene rings is 1. The summed E-state index contributed by atoms with van der Waals surface area (Å²) in [7, 11) is 0. The van der Waals surface area contributed by atoms with E-state index in [2.05, 4.69) is 10.3 Å². The average Bonchev–Trinajstić information content (AvgIpc) is 2.35. The zero-order chi connectivity index (χ0) is 14.8. The number of fused-ring (bicyclic) bond motifs is 1. The molecule has 1 aromatic heterocycles. The summed E-state index contributed by atoms with van der Waals surface area (Å²) in [6, 6.07) is 9.70. The molecule has 0 spiro atoms. The molecule has 0 radical (unpaired) electrons. The molecule has 3 nitrogen and oxygen atoms in total. The Morgan fingerprint density at radius 1 is 1.35 bits per heavy atom. The van der Waals surface area contributed by atoms with Crippen LogP contribution >= 0.6 is 0 Å². The third kappa shape index (κ3) is 3.38. The molecule has 1 unspecified atom stereocenters. The molecule has 0 amide bonds. The smallest absolute Gasteiger partial charge is 0.367 e. The molecule has 2 rings (SSSR count). The fourth-order valence-electron chi connectivity index (χ4n) is 1.99. The second-order valence-corrected chi connectivity index (χ2v) is 4.55. The third-order valence-corrected chi connectivity index (χ3v) is 2.77. The molecule has 2 aromatic rings. The zero-order valence-corrected chi connectivity index (χ0v) is 10.7. The monoisotopic (exact) mass is 279 g/mol. The van der Waals surface area contributed by atoms with E-state index in [0.717, 1.165) is 0 Å². The minimum atomic E-state index is -4.23. The van der Waals surface area contributed by atoms with E-state index in [4.69, 9.17) is 5.26 Å². The number of aromatic nitrogens is 1. The van der Waals surface area contributed by atoms with Crippen LogP contribution in [0.15, 0.2) is 30.3 Å². The number of para-hydroxylation sites is 1. The van der Waals surface area contributed by atoms with Crippen molar-refractivity contribution in [3.8, 4) is 6.07 Å². The number of hydrogen-bond donors (Lipinski definition) is 1. The number of pyridine rings is 1. The van der Waals surface area contributed by atoms with Crippen molar-refractivity contribution in [3.63, 3.8) is 0 Å². The van der Waals surface area contributed by atoms with Crippen molar-refractivity contribution >= 4 is 16.7 Å². The molecule has 1 N–H and O–H groups in total. The number of nitrogens with one attached hydrogen (secondary N) is 1. The van der Waals surface area contributed by atoms with E-state index < -0.39 is 18.6 Å². The molecule has 1 heterocycles. The van der Waals surface area contributed by atoms with Crippen LogP contribution in [0, 0.1) is 11.3 Å². The van der Waals surface area contributed by atoms with Crippen LogP contribution in [0.25, 0.3) is 10.9 Å². The Bertz CT molecular complexity index is 659. The summed E-state index contributed by atoms with van der Waals surface area (Å²) in [5.74, 6) is 0.275. The summed E-state index contributed by atoms with van der Waals surface area (Å²) in [5.41, 5.74) is 0.963. The maximum Gasteiger partial charge on any atom is 0.391 e. The van der Waals surface area contributed by atoms with Gasteiger partial charge >= 0.3 is 6.18 Å². The lowest BCUT2D eigenvalue weighted by Crippen LogP contribution is -2.24. The predicted octanol–water partition coefficient (Wildman–Crippen LogP) is 3.86. The van der Waals surface area contributed by atoms with E-state index in [1.54, 1.807) is 24.3 Å². The van der Waals surface area contributed by atoms with E-state index in [0.29, 0.717) is 16.5 Å². The van der Waals surface area contributed by atoms with Crippen molar-refractivity contribution in [2.24, 2.45) is 0 Å². The number of alkyl halides is 3. The first-order valence-electron chi connectivity index (χ1n) is 6.02. The van der Waals surface area contributed by atoms with E-state index in [9.17, 15) is 13.2 Å². The maximum atomic E-state index is 12.3. The molecule has 104 valence electrons. The summed E-state index contributed by atoms with van der Waals surface area (Å²) >= 11 is 0. The van der Waals surface area contributed by atoms with Gasteiger partial charge in [-0.15, -0.1) is 0 Å². The third-order valence-electron chi connectivity index (χ3n) is 2.77. The molecule has 0 aliphatic carbocycles. The van der Waals surface area contributed by atoms with Gasteiger partial charge < -0.3 is 5.32 Å². The van der Waals surface area contributed by atoms with Crippen LogP contribution in [-0.2, 0) is 0 Å². The van der Waals surface area contributed by atoms with Crippen LogP contribution in [-0.4, -0.2) is 17.2 Å². The van der Waals surface area contributed by atoms with Crippen LogP contribution in [0.1, 0.15) is 18.9 Å².